The molecule has 7 nitrogen and oxygen atoms in total. The summed E-state index contributed by atoms with van der Waals surface area (Å²) < 4.78 is 32.5. The minimum absolute atomic E-state index is 0.0182. The van der Waals surface area contributed by atoms with E-state index in [1.165, 1.54) is 12.1 Å². The second-order valence-electron chi connectivity index (χ2n) is 8.03. The van der Waals surface area contributed by atoms with Gasteiger partial charge >= 0.3 is 0 Å². The molecule has 1 aromatic heterocycles. The lowest BCUT2D eigenvalue weighted by atomic mass is 10.1. The highest BCUT2D eigenvalue weighted by atomic mass is 19.1. The van der Waals surface area contributed by atoms with Gasteiger partial charge in [-0.3, -0.25) is 4.90 Å². The highest BCUT2D eigenvalue weighted by Gasteiger charge is 2.33. The Kier molecular flexibility index (Phi) is 7.36. The molecule has 32 heavy (non-hydrogen) atoms. The Morgan fingerprint density at radius 3 is 2.78 bits per heavy atom. The minimum Gasteiger partial charge on any atom is -0.492 e. The Morgan fingerprint density at radius 2 is 1.97 bits per heavy atom. The summed E-state index contributed by atoms with van der Waals surface area (Å²) in [6.45, 7) is 3.69. The van der Waals surface area contributed by atoms with Crippen molar-refractivity contribution in [2.45, 2.75) is 18.7 Å². The smallest absolute Gasteiger partial charge is 0.134 e. The maximum absolute atomic E-state index is 13.4. The van der Waals surface area contributed by atoms with Gasteiger partial charge in [0.25, 0.3) is 0 Å². The second kappa shape index (κ2) is 10.6. The van der Waals surface area contributed by atoms with Crippen molar-refractivity contribution in [2.75, 3.05) is 39.5 Å². The maximum Gasteiger partial charge on any atom is 0.134 e. The molecule has 0 aliphatic carbocycles. The average molecular weight is 442 g/mol. The fourth-order valence-electron chi connectivity index (χ4n) is 3.67. The van der Waals surface area contributed by atoms with Crippen molar-refractivity contribution in [3.8, 4) is 11.5 Å². The molecule has 1 aliphatic heterocycles. The zero-order chi connectivity index (χ0) is 22.2. The van der Waals surface area contributed by atoms with Gasteiger partial charge in [0.1, 0.15) is 36.1 Å². The summed E-state index contributed by atoms with van der Waals surface area (Å²) in [6.07, 6.45) is 5.41. The predicted molar refractivity (Wildman–Crippen MR) is 117 cm³/mol. The summed E-state index contributed by atoms with van der Waals surface area (Å²) in [6, 6.07) is 13.9. The molecule has 0 bridgehead atoms. The van der Waals surface area contributed by atoms with Gasteiger partial charge in [0.05, 0.1) is 26.1 Å². The van der Waals surface area contributed by atoms with Crippen LogP contribution in [0.1, 0.15) is 5.56 Å². The first kappa shape index (κ1) is 22.3. The number of nitrogens with zero attached hydrogens (tertiary/aromatic N) is 3. The third-order valence-electron chi connectivity index (χ3n) is 5.23. The summed E-state index contributed by atoms with van der Waals surface area (Å²) in [7, 11) is 0. The van der Waals surface area contributed by atoms with Crippen molar-refractivity contribution in [2.24, 2.45) is 0 Å². The first-order chi connectivity index (χ1) is 15.6. The zero-order valence-corrected chi connectivity index (χ0v) is 17.9. The van der Waals surface area contributed by atoms with Crippen molar-refractivity contribution in [3.05, 3.63) is 78.6 Å². The molecule has 170 valence electrons. The van der Waals surface area contributed by atoms with Gasteiger partial charge in [-0.25, -0.2) is 9.37 Å². The van der Waals surface area contributed by atoms with Crippen LogP contribution in [0.4, 0.5) is 4.39 Å². The number of hydrogen-bond acceptors (Lipinski definition) is 6. The van der Waals surface area contributed by atoms with Crippen molar-refractivity contribution < 1.29 is 23.7 Å². The third-order valence-corrected chi connectivity index (χ3v) is 5.23. The normalized spacial score (nSPS) is 19.4. The van der Waals surface area contributed by atoms with Crippen LogP contribution in [0.5, 0.6) is 11.5 Å². The molecule has 0 saturated carbocycles. The lowest BCUT2D eigenvalue weighted by molar-refractivity contribution is -0.0647. The van der Waals surface area contributed by atoms with Crippen LogP contribution >= 0.6 is 0 Å². The Bertz CT molecular complexity index is 985. The summed E-state index contributed by atoms with van der Waals surface area (Å²) in [5, 5.41) is 11.1. The van der Waals surface area contributed by atoms with Crippen LogP contribution in [0.25, 0.3) is 0 Å². The Hall–Kier alpha value is -2.94. The predicted octanol–water partition coefficient (Wildman–Crippen LogP) is 2.74. The molecule has 0 unspecified atom stereocenters. The molecule has 0 amide bonds. The van der Waals surface area contributed by atoms with E-state index >= 15 is 0 Å². The van der Waals surface area contributed by atoms with E-state index in [-0.39, 0.29) is 19.0 Å². The molecule has 1 saturated heterocycles. The summed E-state index contributed by atoms with van der Waals surface area (Å²) >= 11 is 0. The van der Waals surface area contributed by atoms with Gasteiger partial charge in [0.15, 0.2) is 0 Å². The number of rotatable bonds is 9. The summed E-state index contributed by atoms with van der Waals surface area (Å²) in [5.74, 6) is 0.813. The van der Waals surface area contributed by atoms with Crippen LogP contribution in [0, 0.1) is 5.82 Å². The van der Waals surface area contributed by atoms with Gasteiger partial charge < -0.3 is 23.9 Å². The Balaban J connectivity index is 1.32. The van der Waals surface area contributed by atoms with Crippen LogP contribution in [0.2, 0.25) is 0 Å². The fourth-order valence-corrected chi connectivity index (χ4v) is 3.67. The maximum atomic E-state index is 13.4. The minimum atomic E-state index is -1.19. The van der Waals surface area contributed by atoms with Crippen LogP contribution in [-0.2, 0) is 17.8 Å². The van der Waals surface area contributed by atoms with E-state index in [1.54, 1.807) is 24.7 Å². The highest BCUT2D eigenvalue weighted by molar-refractivity contribution is 5.28. The van der Waals surface area contributed by atoms with Gasteiger partial charge in [-0.15, -0.1) is 0 Å². The second-order valence-corrected chi connectivity index (χ2v) is 8.03. The van der Waals surface area contributed by atoms with Crippen molar-refractivity contribution in [3.63, 3.8) is 0 Å². The molecular weight excluding hydrogens is 413 g/mol. The summed E-state index contributed by atoms with van der Waals surface area (Å²) in [4.78, 5) is 6.16. The molecular formula is C24H28FN3O4. The van der Waals surface area contributed by atoms with E-state index in [4.69, 9.17) is 14.2 Å². The van der Waals surface area contributed by atoms with E-state index < -0.39 is 5.60 Å². The lowest BCUT2D eigenvalue weighted by Crippen LogP contribution is -2.48. The van der Waals surface area contributed by atoms with Gasteiger partial charge in [0.2, 0.25) is 0 Å². The highest BCUT2D eigenvalue weighted by Crippen LogP contribution is 2.20. The van der Waals surface area contributed by atoms with Gasteiger partial charge in [-0.1, -0.05) is 18.2 Å². The topological polar surface area (TPSA) is 69.0 Å². The zero-order valence-electron chi connectivity index (χ0n) is 17.9. The number of imidazole rings is 1. The lowest BCUT2D eigenvalue weighted by Gasteiger charge is -2.30. The van der Waals surface area contributed by atoms with E-state index in [9.17, 15) is 9.50 Å². The first-order valence-electron chi connectivity index (χ1n) is 10.7. The molecule has 2 aromatic carbocycles. The van der Waals surface area contributed by atoms with Gasteiger partial charge in [0, 0.05) is 38.1 Å². The number of benzene rings is 2. The van der Waals surface area contributed by atoms with Crippen LogP contribution in [0.3, 0.4) is 0 Å². The van der Waals surface area contributed by atoms with Gasteiger partial charge in [-0.05, 0) is 29.8 Å². The van der Waals surface area contributed by atoms with Crippen molar-refractivity contribution >= 4 is 0 Å². The molecule has 8 heteroatoms. The van der Waals surface area contributed by atoms with Crippen LogP contribution in [0.15, 0.2) is 67.3 Å². The number of halogens is 1. The molecule has 0 spiro atoms. The van der Waals surface area contributed by atoms with Crippen LogP contribution < -0.4 is 9.47 Å². The number of ether oxygens (including phenoxy) is 3. The molecule has 1 fully saturated rings. The molecule has 1 aliphatic rings. The SMILES string of the molecule is O[C@]1(COc2cccc(F)c2)COCCN(Cc2cccc(OCCn3ccnc3)c2)C1. The standard InChI is InChI=1S/C24H28FN3O4/c25-21-4-2-6-23(14-21)32-18-24(29)16-28(9-11-30-17-24)15-20-3-1-5-22(13-20)31-12-10-27-8-7-26-19-27/h1-8,13-14,19,29H,9-12,15-18H2/t24-/m0/s1. The third kappa shape index (κ3) is 6.53. The Morgan fingerprint density at radius 1 is 1.12 bits per heavy atom. The molecule has 2 heterocycles. The van der Waals surface area contributed by atoms with Gasteiger partial charge in [-0.2, -0.15) is 0 Å². The number of hydrogen-bond donors (Lipinski definition) is 1. The van der Waals surface area contributed by atoms with E-state index in [0.717, 1.165) is 17.9 Å². The fraction of sp³-hybridized carbons (Fsp3) is 0.375. The monoisotopic (exact) mass is 441 g/mol. The largest absolute Gasteiger partial charge is 0.492 e. The first-order valence-corrected chi connectivity index (χ1v) is 10.7. The summed E-state index contributed by atoms with van der Waals surface area (Å²) in [5.41, 5.74) is -0.109. The number of aliphatic hydroxyl groups is 1. The molecule has 0 radical (unpaired) electrons. The van der Waals surface area contributed by atoms with E-state index in [2.05, 4.69) is 9.88 Å². The number of β-amino-alcohol motifs (C(OH)–C–C–N with tert-alkyl or cyclic N) is 1. The van der Waals surface area contributed by atoms with Crippen molar-refractivity contribution in [1.82, 2.24) is 14.5 Å². The van der Waals surface area contributed by atoms with E-state index in [0.29, 0.717) is 38.6 Å². The van der Waals surface area contributed by atoms with Crippen LogP contribution in [-0.4, -0.2) is 64.7 Å². The molecule has 1 N–H and O–H groups in total. The van der Waals surface area contributed by atoms with E-state index in [1.807, 2.05) is 35.0 Å². The molecule has 4 rings (SSSR count). The molecule has 3 aromatic rings. The molecule has 1 atom stereocenters. The quantitative estimate of drug-likeness (QED) is 0.551. The average Bonchev–Trinajstić information content (AvgIpc) is 3.22. The van der Waals surface area contributed by atoms with Crippen molar-refractivity contribution in [1.29, 1.82) is 0 Å². The number of aromatic nitrogens is 2. The Labute approximate surface area is 187 Å².